The Balaban J connectivity index is 1.51. The van der Waals surface area contributed by atoms with Crippen molar-refractivity contribution in [2.75, 3.05) is 52.8 Å². The summed E-state index contributed by atoms with van der Waals surface area (Å²) in [6.07, 6.45) is 1.65. The van der Waals surface area contributed by atoms with Crippen LogP contribution in [0.3, 0.4) is 0 Å². The number of amides is 1. The lowest BCUT2D eigenvalue weighted by Crippen LogP contribution is -2.42. The standard InChI is InChI=1S/C27H28N2O7/c1-2-13-34-20-6-3-18(4-7-20)24-23(25(30)19-5-8-21-22(16-19)36-17-35-21)26(31)27(32)29(24)10-9-28-11-14-33-15-12-28/h2-8,16,24,30H,1,9-15,17H2/b25-23-. The van der Waals surface area contributed by atoms with Gasteiger partial charge < -0.3 is 29.0 Å². The van der Waals surface area contributed by atoms with E-state index < -0.39 is 17.7 Å². The molecule has 9 heteroatoms. The monoisotopic (exact) mass is 492 g/mol. The number of likely N-dealkylation sites (tertiary alicyclic amines) is 1. The lowest BCUT2D eigenvalue weighted by molar-refractivity contribution is -0.140. The normalized spacial score (nSPS) is 21.1. The van der Waals surface area contributed by atoms with Crippen molar-refractivity contribution in [2.24, 2.45) is 0 Å². The number of ether oxygens (including phenoxy) is 4. The molecule has 3 heterocycles. The summed E-state index contributed by atoms with van der Waals surface area (Å²) < 4.78 is 21.8. The molecule has 0 bridgehead atoms. The topological polar surface area (TPSA) is 97.8 Å². The van der Waals surface area contributed by atoms with Crippen molar-refractivity contribution in [3.63, 3.8) is 0 Å². The number of rotatable bonds is 8. The zero-order valence-corrected chi connectivity index (χ0v) is 19.9. The van der Waals surface area contributed by atoms with Gasteiger partial charge in [-0.05, 0) is 35.9 Å². The zero-order chi connectivity index (χ0) is 25.1. The smallest absolute Gasteiger partial charge is 0.295 e. The van der Waals surface area contributed by atoms with Crippen molar-refractivity contribution in [3.8, 4) is 17.2 Å². The number of morpholine rings is 1. The quantitative estimate of drug-likeness (QED) is 0.260. The van der Waals surface area contributed by atoms with Gasteiger partial charge in [0.05, 0.1) is 24.8 Å². The molecule has 1 atom stereocenters. The number of fused-ring (bicyclic) bond motifs is 1. The van der Waals surface area contributed by atoms with Crippen LogP contribution in [0.15, 0.2) is 60.7 Å². The number of ketones is 1. The van der Waals surface area contributed by atoms with E-state index in [1.54, 1.807) is 36.4 Å². The van der Waals surface area contributed by atoms with Crippen LogP contribution in [0.1, 0.15) is 17.2 Å². The first-order valence-corrected chi connectivity index (χ1v) is 11.9. The minimum atomic E-state index is -0.745. The molecule has 2 aromatic rings. The van der Waals surface area contributed by atoms with Gasteiger partial charge in [-0.15, -0.1) is 0 Å². The maximum absolute atomic E-state index is 13.3. The Morgan fingerprint density at radius 2 is 1.81 bits per heavy atom. The first kappa shape index (κ1) is 23.9. The van der Waals surface area contributed by atoms with E-state index in [9.17, 15) is 14.7 Å². The van der Waals surface area contributed by atoms with E-state index >= 15 is 0 Å². The molecule has 2 saturated heterocycles. The maximum atomic E-state index is 13.3. The first-order chi connectivity index (χ1) is 17.6. The van der Waals surface area contributed by atoms with E-state index in [1.807, 2.05) is 12.1 Å². The first-order valence-electron chi connectivity index (χ1n) is 11.9. The molecule has 0 saturated carbocycles. The minimum absolute atomic E-state index is 0.0422. The molecule has 2 aromatic carbocycles. The van der Waals surface area contributed by atoms with E-state index in [4.69, 9.17) is 18.9 Å². The minimum Gasteiger partial charge on any atom is -0.507 e. The molecule has 1 unspecified atom stereocenters. The third-order valence-corrected chi connectivity index (χ3v) is 6.51. The fraction of sp³-hybridized carbons (Fsp3) is 0.333. The number of benzene rings is 2. The number of carbonyl (C=O) groups is 2. The molecule has 2 fully saturated rings. The van der Waals surface area contributed by atoms with Crippen LogP contribution >= 0.6 is 0 Å². The van der Waals surface area contributed by atoms with Crippen molar-refractivity contribution < 1.29 is 33.6 Å². The average molecular weight is 493 g/mol. The van der Waals surface area contributed by atoms with Gasteiger partial charge in [-0.1, -0.05) is 24.8 Å². The Hall–Kier alpha value is -3.82. The summed E-state index contributed by atoms with van der Waals surface area (Å²) in [5.41, 5.74) is 1.12. The van der Waals surface area contributed by atoms with E-state index in [0.717, 1.165) is 13.1 Å². The molecule has 3 aliphatic heterocycles. The van der Waals surface area contributed by atoms with Crippen molar-refractivity contribution in [3.05, 3.63) is 71.8 Å². The predicted molar refractivity (Wildman–Crippen MR) is 131 cm³/mol. The predicted octanol–water partition coefficient (Wildman–Crippen LogP) is 2.73. The fourth-order valence-electron chi connectivity index (χ4n) is 4.63. The second-order valence-corrected chi connectivity index (χ2v) is 8.68. The van der Waals surface area contributed by atoms with Crippen LogP contribution in [0.5, 0.6) is 17.2 Å². The molecule has 0 radical (unpaired) electrons. The molecular formula is C27H28N2O7. The van der Waals surface area contributed by atoms with Crippen molar-refractivity contribution in [1.29, 1.82) is 0 Å². The molecule has 0 aliphatic carbocycles. The zero-order valence-electron chi connectivity index (χ0n) is 19.9. The van der Waals surface area contributed by atoms with Crippen LogP contribution in [-0.2, 0) is 14.3 Å². The Kier molecular flexibility index (Phi) is 6.92. The molecule has 3 aliphatic rings. The summed E-state index contributed by atoms with van der Waals surface area (Å²) in [6.45, 7) is 7.84. The Morgan fingerprint density at radius 1 is 1.06 bits per heavy atom. The van der Waals surface area contributed by atoms with Gasteiger partial charge in [0, 0.05) is 31.7 Å². The number of hydrogen-bond acceptors (Lipinski definition) is 8. The van der Waals surface area contributed by atoms with Crippen LogP contribution in [0.2, 0.25) is 0 Å². The summed E-state index contributed by atoms with van der Waals surface area (Å²) in [4.78, 5) is 30.2. The SMILES string of the molecule is C=CCOc1ccc(C2/C(=C(/O)c3ccc4c(c3)OCO4)C(=O)C(=O)N2CCN2CCOCC2)cc1. The molecule has 1 amide bonds. The fourth-order valence-corrected chi connectivity index (χ4v) is 4.63. The number of nitrogens with zero attached hydrogens (tertiary/aromatic N) is 2. The third kappa shape index (κ3) is 4.67. The molecule has 1 N–H and O–H groups in total. The van der Waals surface area contributed by atoms with Crippen molar-refractivity contribution in [2.45, 2.75) is 6.04 Å². The van der Waals surface area contributed by atoms with Crippen LogP contribution in [0.25, 0.3) is 5.76 Å². The molecule has 0 spiro atoms. The second kappa shape index (κ2) is 10.4. The van der Waals surface area contributed by atoms with E-state index in [-0.39, 0.29) is 18.1 Å². The Labute approximate surface area is 209 Å². The highest BCUT2D eigenvalue weighted by Gasteiger charge is 2.46. The highest BCUT2D eigenvalue weighted by molar-refractivity contribution is 6.46. The second-order valence-electron chi connectivity index (χ2n) is 8.68. The summed E-state index contributed by atoms with van der Waals surface area (Å²) in [5.74, 6) is 0.0638. The Morgan fingerprint density at radius 3 is 2.56 bits per heavy atom. The van der Waals surface area contributed by atoms with Gasteiger partial charge in [0.2, 0.25) is 6.79 Å². The molecule has 0 aromatic heterocycles. The van der Waals surface area contributed by atoms with Gasteiger partial charge in [-0.2, -0.15) is 0 Å². The molecule has 36 heavy (non-hydrogen) atoms. The lowest BCUT2D eigenvalue weighted by atomic mass is 9.95. The summed E-state index contributed by atoms with van der Waals surface area (Å²) in [7, 11) is 0. The highest BCUT2D eigenvalue weighted by Crippen LogP contribution is 2.41. The lowest BCUT2D eigenvalue weighted by Gasteiger charge is -2.31. The highest BCUT2D eigenvalue weighted by atomic mass is 16.7. The third-order valence-electron chi connectivity index (χ3n) is 6.51. The van der Waals surface area contributed by atoms with Gasteiger partial charge >= 0.3 is 0 Å². The number of aliphatic hydroxyl groups is 1. The van der Waals surface area contributed by atoms with Crippen LogP contribution in [-0.4, -0.2) is 79.4 Å². The molecule has 5 rings (SSSR count). The van der Waals surface area contributed by atoms with E-state index in [2.05, 4.69) is 11.5 Å². The maximum Gasteiger partial charge on any atom is 0.295 e. The average Bonchev–Trinajstić information content (AvgIpc) is 3.48. The van der Waals surface area contributed by atoms with Gasteiger partial charge in [0.25, 0.3) is 11.7 Å². The van der Waals surface area contributed by atoms with Gasteiger partial charge in [0.15, 0.2) is 11.5 Å². The summed E-state index contributed by atoms with van der Waals surface area (Å²) in [5, 5.41) is 11.3. The van der Waals surface area contributed by atoms with Gasteiger partial charge in [0.1, 0.15) is 18.1 Å². The number of Topliss-reactive ketones (excluding diaryl/α,β-unsaturated/α-hetero) is 1. The molecule has 188 valence electrons. The van der Waals surface area contributed by atoms with Crippen LogP contribution in [0, 0.1) is 0 Å². The van der Waals surface area contributed by atoms with E-state index in [0.29, 0.717) is 61.3 Å². The van der Waals surface area contributed by atoms with Crippen molar-refractivity contribution >= 4 is 17.4 Å². The summed E-state index contributed by atoms with van der Waals surface area (Å²) in [6, 6.07) is 11.4. The van der Waals surface area contributed by atoms with Crippen LogP contribution in [0.4, 0.5) is 0 Å². The summed E-state index contributed by atoms with van der Waals surface area (Å²) >= 11 is 0. The molecular weight excluding hydrogens is 464 g/mol. The Bertz CT molecular complexity index is 1190. The number of carbonyl (C=O) groups excluding carboxylic acids is 2. The van der Waals surface area contributed by atoms with E-state index in [1.165, 1.54) is 4.90 Å². The van der Waals surface area contributed by atoms with Gasteiger partial charge in [-0.25, -0.2) is 0 Å². The van der Waals surface area contributed by atoms with Crippen molar-refractivity contribution in [1.82, 2.24) is 9.80 Å². The number of aliphatic hydroxyl groups excluding tert-OH is 1. The number of hydrogen-bond donors (Lipinski definition) is 1. The molecule has 9 nitrogen and oxygen atoms in total. The van der Waals surface area contributed by atoms with Crippen LogP contribution < -0.4 is 14.2 Å². The largest absolute Gasteiger partial charge is 0.507 e. The van der Waals surface area contributed by atoms with Gasteiger partial charge in [-0.3, -0.25) is 14.5 Å².